The van der Waals surface area contributed by atoms with Gasteiger partial charge in [0, 0.05) is 24.6 Å². The maximum atomic E-state index is 12.2. The van der Waals surface area contributed by atoms with Crippen molar-refractivity contribution < 1.29 is 9.90 Å². The maximum absolute atomic E-state index is 12.2. The second-order valence-corrected chi connectivity index (χ2v) is 3.86. The van der Waals surface area contributed by atoms with E-state index in [0.29, 0.717) is 23.8 Å². The monoisotopic (exact) mass is 249 g/mol. The lowest BCUT2D eigenvalue weighted by Gasteiger charge is -2.19. The summed E-state index contributed by atoms with van der Waals surface area (Å²) in [6, 6.07) is 0. The SMILES string of the molecule is Cc1[nH]cnc1C(=O)N(CCO)Cc1ncc[nH]1. The summed E-state index contributed by atoms with van der Waals surface area (Å²) in [7, 11) is 0. The van der Waals surface area contributed by atoms with Crippen LogP contribution < -0.4 is 0 Å². The first kappa shape index (κ1) is 12.3. The number of aromatic amines is 2. The zero-order chi connectivity index (χ0) is 13.0. The molecule has 0 fully saturated rings. The molecular weight excluding hydrogens is 234 g/mol. The molecule has 0 unspecified atom stereocenters. The molecule has 1 amide bonds. The summed E-state index contributed by atoms with van der Waals surface area (Å²) < 4.78 is 0. The quantitative estimate of drug-likeness (QED) is 0.698. The largest absolute Gasteiger partial charge is 0.395 e. The van der Waals surface area contributed by atoms with Gasteiger partial charge in [0.05, 0.1) is 19.5 Å². The smallest absolute Gasteiger partial charge is 0.274 e. The molecular formula is C11H15N5O2. The number of H-pyrrole nitrogens is 2. The van der Waals surface area contributed by atoms with Crippen LogP contribution in [-0.2, 0) is 6.54 Å². The highest BCUT2D eigenvalue weighted by Gasteiger charge is 2.20. The molecule has 7 nitrogen and oxygen atoms in total. The maximum Gasteiger partial charge on any atom is 0.274 e. The van der Waals surface area contributed by atoms with Crippen molar-refractivity contribution in [3.63, 3.8) is 0 Å². The van der Waals surface area contributed by atoms with E-state index < -0.39 is 0 Å². The van der Waals surface area contributed by atoms with Gasteiger partial charge in [-0.2, -0.15) is 0 Å². The van der Waals surface area contributed by atoms with Crippen LogP contribution in [0.2, 0.25) is 0 Å². The van der Waals surface area contributed by atoms with Crippen LogP contribution in [0.1, 0.15) is 22.0 Å². The van der Waals surface area contributed by atoms with Crippen LogP contribution in [0.3, 0.4) is 0 Å². The predicted molar refractivity (Wildman–Crippen MR) is 63.7 cm³/mol. The molecule has 0 saturated heterocycles. The van der Waals surface area contributed by atoms with Crippen molar-refractivity contribution in [1.29, 1.82) is 0 Å². The highest BCUT2D eigenvalue weighted by Crippen LogP contribution is 2.08. The Morgan fingerprint density at radius 1 is 1.44 bits per heavy atom. The second kappa shape index (κ2) is 5.46. The summed E-state index contributed by atoms with van der Waals surface area (Å²) in [5.41, 5.74) is 1.08. The number of nitrogens with one attached hydrogen (secondary N) is 2. The molecule has 3 N–H and O–H groups in total. The van der Waals surface area contributed by atoms with E-state index in [1.54, 1.807) is 19.3 Å². The fraction of sp³-hybridized carbons (Fsp3) is 0.364. The standard InChI is InChI=1S/C11H15N5O2/c1-8-10(15-7-14-8)11(18)16(4-5-17)6-9-12-2-3-13-9/h2-3,7,17H,4-6H2,1H3,(H,12,13)(H,14,15). The number of amides is 1. The average molecular weight is 249 g/mol. The van der Waals surface area contributed by atoms with E-state index in [2.05, 4.69) is 19.9 Å². The van der Waals surface area contributed by atoms with Gasteiger partial charge in [-0.3, -0.25) is 4.79 Å². The third-order valence-corrected chi connectivity index (χ3v) is 2.59. The Bertz CT molecular complexity index is 505. The molecule has 2 aromatic rings. The first-order valence-electron chi connectivity index (χ1n) is 5.60. The first-order valence-corrected chi connectivity index (χ1v) is 5.60. The van der Waals surface area contributed by atoms with E-state index in [1.807, 2.05) is 0 Å². The van der Waals surface area contributed by atoms with Crippen LogP contribution in [0, 0.1) is 6.92 Å². The van der Waals surface area contributed by atoms with Crippen LogP contribution in [0.25, 0.3) is 0 Å². The molecule has 0 aliphatic rings. The lowest BCUT2D eigenvalue weighted by molar-refractivity contribution is 0.0697. The summed E-state index contributed by atoms with van der Waals surface area (Å²) in [4.78, 5) is 27.6. The summed E-state index contributed by atoms with van der Waals surface area (Å²) in [5, 5.41) is 9.03. The molecule has 0 bridgehead atoms. The Kier molecular flexibility index (Phi) is 3.73. The fourth-order valence-electron chi connectivity index (χ4n) is 1.66. The summed E-state index contributed by atoms with van der Waals surface area (Å²) >= 11 is 0. The van der Waals surface area contributed by atoms with Gasteiger partial charge in [0.1, 0.15) is 11.5 Å². The lowest BCUT2D eigenvalue weighted by Crippen LogP contribution is -2.34. The number of aliphatic hydroxyl groups excluding tert-OH is 1. The van der Waals surface area contributed by atoms with E-state index in [4.69, 9.17) is 5.11 Å². The number of hydrogen-bond donors (Lipinski definition) is 3. The van der Waals surface area contributed by atoms with Crippen LogP contribution >= 0.6 is 0 Å². The van der Waals surface area contributed by atoms with Crippen molar-refractivity contribution in [2.45, 2.75) is 13.5 Å². The minimum absolute atomic E-state index is 0.101. The number of rotatable bonds is 5. The number of aryl methyl sites for hydroxylation is 1. The number of carbonyl (C=O) groups is 1. The highest BCUT2D eigenvalue weighted by molar-refractivity contribution is 5.93. The summed E-state index contributed by atoms with van der Waals surface area (Å²) in [6.45, 7) is 2.24. The number of nitrogens with zero attached hydrogens (tertiary/aromatic N) is 3. The zero-order valence-electron chi connectivity index (χ0n) is 10.1. The molecule has 2 heterocycles. The van der Waals surface area contributed by atoms with Gasteiger partial charge in [0.15, 0.2) is 0 Å². The molecule has 0 saturated carbocycles. The van der Waals surface area contributed by atoms with E-state index in [1.165, 1.54) is 11.2 Å². The molecule has 18 heavy (non-hydrogen) atoms. The Labute approximate surface area is 104 Å². The van der Waals surface area contributed by atoms with Crippen LogP contribution in [0.5, 0.6) is 0 Å². The van der Waals surface area contributed by atoms with Crippen LogP contribution in [0.4, 0.5) is 0 Å². The minimum Gasteiger partial charge on any atom is -0.395 e. The molecule has 2 aromatic heterocycles. The topological polar surface area (TPSA) is 97.9 Å². The van der Waals surface area contributed by atoms with Crippen molar-refractivity contribution in [3.8, 4) is 0 Å². The Hall–Kier alpha value is -2.15. The van der Waals surface area contributed by atoms with Crippen molar-refractivity contribution in [2.75, 3.05) is 13.2 Å². The van der Waals surface area contributed by atoms with Crippen molar-refractivity contribution in [3.05, 3.63) is 35.9 Å². The molecule has 0 aliphatic heterocycles. The van der Waals surface area contributed by atoms with Gasteiger partial charge in [-0.25, -0.2) is 9.97 Å². The molecule has 0 atom stereocenters. The van der Waals surface area contributed by atoms with Crippen LogP contribution in [0.15, 0.2) is 18.7 Å². The number of aliphatic hydroxyl groups is 1. The summed E-state index contributed by atoms with van der Waals surface area (Å²) in [5.74, 6) is 0.448. The van der Waals surface area contributed by atoms with Crippen molar-refractivity contribution >= 4 is 5.91 Å². The van der Waals surface area contributed by atoms with Gasteiger partial charge in [-0.1, -0.05) is 0 Å². The lowest BCUT2D eigenvalue weighted by atomic mass is 10.3. The van der Waals surface area contributed by atoms with E-state index >= 15 is 0 Å². The molecule has 0 aliphatic carbocycles. The third-order valence-electron chi connectivity index (χ3n) is 2.59. The fourth-order valence-corrected chi connectivity index (χ4v) is 1.66. The van der Waals surface area contributed by atoms with Gasteiger partial charge >= 0.3 is 0 Å². The number of carbonyl (C=O) groups excluding carboxylic acids is 1. The van der Waals surface area contributed by atoms with E-state index in [-0.39, 0.29) is 19.1 Å². The van der Waals surface area contributed by atoms with E-state index in [9.17, 15) is 4.79 Å². The van der Waals surface area contributed by atoms with Gasteiger partial charge in [-0.05, 0) is 6.92 Å². The molecule has 0 radical (unpaired) electrons. The van der Waals surface area contributed by atoms with E-state index in [0.717, 1.165) is 0 Å². The number of imidazole rings is 2. The van der Waals surface area contributed by atoms with Crippen molar-refractivity contribution in [2.24, 2.45) is 0 Å². The molecule has 96 valence electrons. The van der Waals surface area contributed by atoms with Crippen molar-refractivity contribution in [1.82, 2.24) is 24.8 Å². The van der Waals surface area contributed by atoms with Gasteiger partial charge < -0.3 is 20.0 Å². The summed E-state index contributed by atoms with van der Waals surface area (Å²) in [6.07, 6.45) is 4.79. The Balaban J connectivity index is 2.15. The normalized spacial score (nSPS) is 10.6. The van der Waals surface area contributed by atoms with Gasteiger partial charge in [0.2, 0.25) is 0 Å². The third kappa shape index (κ3) is 2.57. The number of hydrogen-bond acceptors (Lipinski definition) is 4. The minimum atomic E-state index is -0.223. The molecule has 0 aromatic carbocycles. The van der Waals surface area contributed by atoms with Crippen LogP contribution in [-0.4, -0.2) is 49.0 Å². The predicted octanol–water partition coefficient (Wildman–Crippen LogP) is 0.0759. The molecule has 7 heteroatoms. The van der Waals surface area contributed by atoms with Gasteiger partial charge in [-0.15, -0.1) is 0 Å². The Morgan fingerprint density at radius 2 is 2.28 bits per heavy atom. The zero-order valence-corrected chi connectivity index (χ0v) is 10.1. The highest BCUT2D eigenvalue weighted by atomic mass is 16.3. The average Bonchev–Trinajstić information content (AvgIpc) is 2.99. The molecule has 0 spiro atoms. The molecule has 2 rings (SSSR count). The second-order valence-electron chi connectivity index (χ2n) is 3.86. The number of aromatic nitrogens is 4. The first-order chi connectivity index (χ1) is 8.72. The van der Waals surface area contributed by atoms with Gasteiger partial charge in [0.25, 0.3) is 5.91 Å². The Morgan fingerprint density at radius 3 is 2.83 bits per heavy atom.